The van der Waals surface area contributed by atoms with E-state index in [-0.39, 0.29) is 5.54 Å². The summed E-state index contributed by atoms with van der Waals surface area (Å²) in [4.78, 5) is 7.77. The topological polar surface area (TPSA) is 48.9 Å². The number of nitrogens with zero attached hydrogens (tertiary/aromatic N) is 2. The molecule has 3 rings (SSSR count). The Labute approximate surface area is 154 Å². The van der Waals surface area contributed by atoms with Crippen LogP contribution in [0.4, 0.5) is 0 Å². The lowest BCUT2D eigenvalue weighted by molar-refractivity contribution is -0.0139. The van der Waals surface area contributed by atoms with Gasteiger partial charge in [-0.15, -0.1) is 0 Å². The predicted octanol–water partition coefficient (Wildman–Crippen LogP) is 2.77. The van der Waals surface area contributed by atoms with E-state index in [1.165, 1.54) is 51.6 Å². The minimum absolute atomic E-state index is 0.219. The summed E-state index contributed by atoms with van der Waals surface area (Å²) in [7, 11) is 0. The summed E-state index contributed by atoms with van der Waals surface area (Å²) in [6, 6.07) is 0.582. The molecule has 3 fully saturated rings. The maximum atomic E-state index is 5.67. The van der Waals surface area contributed by atoms with E-state index in [0.29, 0.717) is 6.04 Å². The fourth-order valence-electron chi connectivity index (χ4n) is 4.82. The van der Waals surface area contributed by atoms with Crippen LogP contribution in [-0.2, 0) is 4.74 Å². The Hall–Kier alpha value is -0.810. The smallest absolute Gasteiger partial charge is 0.191 e. The molecular weight excluding hydrogens is 312 g/mol. The van der Waals surface area contributed by atoms with Crippen molar-refractivity contribution in [3.63, 3.8) is 0 Å². The third kappa shape index (κ3) is 5.10. The number of rotatable bonds is 5. The summed E-state index contributed by atoms with van der Waals surface area (Å²) in [5.74, 6) is 1.85. The second-order valence-corrected chi connectivity index (χ2v) is 8.34. The zero-order valence-corrected chi connectivity index (χ0v) is 16.4. The Bertz CT molecular complexity index is 427. The largest absolute Gasteiger partial charge is 0.381 e. The first kappa shape index (κ1) is 19.0. The molecule has 25 heavy (non-hydrogen) atoms. The van der Waals surface area contributed by atoms with Crippen molar-refractivity contribution in [3.8, 4) is 0 Å². The standard InChI is InChI=1S/C20H38N4O/c1-3-21-19(23-18-8-6-7-17(2)15-18)22-16-20(9-13-25-14-10-20)24-11-4-5-12-24/h17-18H,3-16H2,1-2H3,(H2,21,22,23). The van der Waals surface area contributed by atoms with Gasteiger partial charge in [0.2, 0.25) is 0 Å². The van der Waals surface area contributed by atoms with E-state index in [1.54, 1.807) is 0 Å². The summed E-state index contributed by atoms with van der Waals surface area (Å²) >= 11 is 0. The maximum Gasteiger partial charge on any atom is 0.191 e. The van der Waals surface area contributed by atoms with E-state index in [0.717, 1.165) is 51.0 Å². The van der Waals surface area contributed by atoms with Crippen LogP contribution in [0.2, 0.25) is 0 Å². The molecule has 2 N–H and O–H groups in total. The van der Waals surface area contributed by atoms with Crippen LogP contribution in [0.5, 0.6) is 0 Å². The first-order valence-electron chi connectivity index (χ1n) is 10.6. The van der Waals surface area contributed by atoms with E-state index in [1.807, 2.05) is 0 Å². The van der Waals surface area contributed by atoms with Crippen LogP contribution < -0.4 is 10.6 Å². The van der Waals surface area contributed by atoms with Gasteiger partial charge in [-0.05, 0) is 64.5 Å². The van der Waals surface area contributed by atoms with E-state index in [9.17, 15) is 0 Å². The number of hydrogen-bond acceptors (Lipinski definition) is 3. The van der Waals surface area contributed by atoms with Crippen molar-refractivity contribution in [2.24, 2.45) is 10.9 Å². The average Bonchev–Trinajstić information content (AvgIpc) is 3.16. The van der Waals surface area contributed by atoms with Gasteiger partial charge < -0.3 is 15.4 Å². The Morgan fingerprint density at radius 2 is 1.92 bits per heavy atom. The quantitative estimate of drug-likeness (QED) is 0.591. The lowest BCUT2D eigenvalue weighted by Crippen LogP contribution is -2.54. The average molecular weight is 351 g/mol. The van der Waals surface area contributed by atoms with Gasteiger partial charge in [0.25, 0.3) is 0 Å². The molecule has 0 aromatic rings. The molecule has 2 atom stereocenters. The van der Waals surface area contributed by atoms with Gasteiger partial charge in [-0.3, -0.25) is 9.89 Å². The molecule has 2 unspecified atom stereocenters. The maximum absolute atomic E-state index is 5.67. The van der Waals surface area contributed by atoms with Gasteiger partial charge in [-0.2, -0.15) is 0 Å². The van der Waals surface area contributed by atoms with Crippen molar-refractivity contribution in [1.29, 1.82) is 0 Å². The molecule has 2 heterocycles. The van der Waals surface area contributed by atoms with E-state index >= 15 is 0 Å². The summed E-state index contributed by atoms with van der Waals surface area (Å²) in [6.45, 7) is 10.6. The molecule has 2 aliphatic heterocycles. The van der Waals surface area contributed by atoms with Crippen LogP contribution >= 0.6 is 0 Å². The van der Waals surface area contributed by atoms with Crippen LogP contribution in [0.15, 0.2) is 4.99 Å². The number of likely N-dealkylation sites (tertiary alicyclic amines) is 1. The number of guanidine groups is 1. The van der Waals surface area contributed by atoms with Crippen LogP contribution in [-0.4, -0.2) is 61.8 Å². The van der Waals surface area contributed by atoms with Crippen LogP contribution in [0.3, 0.4) is 0 Å². The second-order valence-electron chi connectivity index (χ2n) is 8.34. The normalized spacial score (nSPS) is 31.0. The first-order chi connectivity index (χ1) is 12.2. The number of ether oxygens (including phenoxy) is 1. The lowest BCUT2D eigenvalue weighted by atomic mass is 9.87. The molecule has 0 aromatic heterocycles. The van der Waals surface area contributed by atoms with E-state index in [4.69, 9.17) is 9.73 Å². The summed E-state index contributed by atoms with van der Waals surface area (Å²) < 4.78 is 5.67. The minimum Gasteiger partial charge on any atom is -0.381 e. The monoisotopic (exact) mass is 350 g/mol. The lowest BCUT2D eigenvalue weighted by Gasteiger charge is -2.43. The highest BCUT2D eigenvalue weighted by Crippen LogP contribution is 2.31. The Kier molecular flexibility index (Phi) is 7.00. The van der Waals surface area contributed by atoms with E-state index < -0.39 is 0 Å². The van der Waals surface area contributed by atoms with Crippen molar-refractivity contribution in [1.82, 2.24) is 15.5 Å². The number of nitrogens with one attached hydrogen (secondary N) is 2. The zero-order chi connectivity index (χ0) is 17.5. The fraction of sp³-hybridized carbons (Fsp3) is 0.950. The molecule has 1 saturated carbocycles. The zero-order valence-electron chi connectivity index (χ0n) is 16.4. The molecule has 1 aliphatic carbocycles. The summed E-state index contributed by atoms with van der Waals surface area (Å²) in [5.41, 5.74) is 0.219. The summed E-state index contributed by atoms with van der Waals surface area (Å²) in [5, 5.41) is 7.21. The number of aliphatic imine (C=N–C) groups is 1. The molecule has 0 bridgehead atoms. The van der Waals surface area contributed by atoms with Crippen molar-refractivity contribution in [3.05, 3.63) is 0 Å². The Morgan fingerprint density at radius 1 is 1.16 bits per heavy atom. The molecule has 0 aromatic carbocycles. The highest BCUT2D eigenvalue weighted by molar-refractivity contribution is 5.80. The molecule has 0 amide bonds. The highest BCUT2D eigenvalue weighted by atomic mass is 16.5. The van der Waals surface area contributed by atoms with Gasteiger partial charge in [0, 0.05) is 31.3 Å². The fourth-order valence-corrected chi connectivity index (χ4v) is 4.82. The Balaban J connectivity index is 1.65. The SMILES string of the molecule is CCNC(=NCC1(N2CCCC2)CCOCC1)NC1CCCC(C)C1. The molecule has 144 valence electrons. The van der Waals surface area contributed by atoms with Gasteiger partial charge in [-0.1, -0.05) is 19.8 Å². The van der Waals surface area contributed by atoms with Gasteiger partial charge in [0.15, 0.2) is 5.96 Å². The van der Waals surface area contributed by atoms with Crippen molar-refractivity contribution in [2.45, 2.75) is 76.8 Å². The van der Waals surface area contributed by atoms with Crippen molar-refractivity contribution >= 4 is 5.96 Å². The molecule has 5 nitrogen and oxygen atoms in total. The molecular formula is C20H38N4O. The number of hydrogen-bond donors (Lipinski definition) is 2. The predicted molar refractivity (Wildman–Crippen MR) is 104 cm³/mol. The molecule has 0 spiro atoms. The summed E-state index contributed by atoms with van der Waals surface area (Å²) in [6.07, 6.45) is 10.2. The third-order valence-electron chi connectivity index (χ3n) is 6.35. The highest BCUT2D eigenvalue weighted by Gasteiger charge is 2.39. The van der Waals surface area contributed by atoms with Crippen LogP contribution in [0.25, 0.3) is 0 Å². The second kappa shape index (κ2) is 9.22. The van der Waals surface area contributed by atoms with Crippen LogP contribution in [0, 0.1) is 5.92 Å². The third-order valence-corrected chi connectivity index (χ3v) is 6.35. The van der Waals surface area contributed by atoms with Gasteiger partial charge in [-0.25, -0.2) is 0 Å². The molecule has 2 saturated heterocycles. The molecule has 0 radical (unpaired) electrons. The van der Waals surface area contributed by atoms with Gasteiger partial charge >= 0.3 is 0 Å². The van der Waals surface area contributed by atoms with Crippen LogP contribution in [0.1, 0.15) is 65.2 Å². The van der Waals surface area contributed by atoms with Gasteiger partial charge in [0.05, 0.1) is 6.54 Å². The molecule has 3 aliphatic rings. The van der Waals surface area contributed by atoms with E-state index in [2.05, 4.69) is 29.4 Å². The molecule has 5 heteroatoms. The Morgan fingerprint density at radius 3 is 2.60 bits per heavy atom. The van der Waals surface area contributed by atoms with Crippen molar-refractivity contribution in [2.75, 3.05) is 39.4 Å². The van der Waals surface area contributed by atoms with Gasteiger partial charge in [0.1, 0.15) is 0 Å². The minimum atomic E-state index is 0.219. The first-order valence-corrected chi connectivity index (χ1v) is 10.6. The van der Waals surface area contributed by atoms with Crippen molar-refractivity contribution < 1.29 is 4.74 Å².